The van der Waals surface area contributed by atoms with Crippen LogP contribution in [-0.4, -0.2) is 9.55 Å². The first-order valence-corrected chi connectivity index (χ1v) is 7.03. The molecule has 2 rings (SSSR count). The van der Waals surface area contributed by atoms with Crippen molar-refractivity contribution in [2.24, 2.45) is 0 Å². The SMILES string of the molecule is CCCn1cc(C)nc1Nc1cc(Br)ccc1Cl. The zero-order chi connectivity index (χ0) is 13.1. The van der Waals surface area contributed by atoms with Crippen LogP contribution in [0.1, 0.15) is 19.0 Å². The summed E-state index contributed by atoms with van der Waals surface area (Å²) in [4.78, 5) is 4.47. The fourth-order valence-corrected chi connectivity index (χ4v) is 2.30. The van der Waals surface area contributed by atoms with Gasteiger partial charge in [-0.1, -0.05) is 34.5 Å². The molecule has 5 heteroatoms. The van der Waals surface area contributed by atoms with Crippen molar-refractivity contribution in [1.29, 1.82) is 0 Å². The van der Waals surface area contributed by atoms with E-state index in [0.717, 1.165) is 34.8 Å². The average molecular weight is 329 g/mol. The maximum Gasteiger partial charge on any atom is 0.207 e. The number of rotatable bonds is 4. The molecule has 0 atom stereocenters. The van der Waals surface area contributed by atoms with Crippen LogP contribution >= 0.6 is 27.5 Å². The van der Waals surface area contributed by atoms with Crippen LogP contribution < -0.4 is 5.32 Å². The highest BCUT2D eigenvalue weighted by Gasteiger charge is 2.08. The number of aromatic nitrogens is 2. The van der Waals surface area contributed by atoms with Crippen LogP contribution in [0, 0.1) is 6.92 Å². The van der Waals surface area contributed by atoms with Crippen molar-refractivity contribution in [1.82, 2.24) is 9.55 Å². The lowest BCUT2D eigenvalue weighted by atomic mass is 10.3. The van der Waals surface area contributed by atoms with Crippen LogP contribution in [-0.2, 0) is 6.54 Å². The second-order valence-electron chi connectivity index (χ2n) is 4.15. The summed E-state index contributed by atoms with van der Waals surface area (Å²) in [5.41, 5.74) is 1.85. The molecular weight excluding hydrogens is 314 g/mol. The highest BCUT2D eigenvalue weighted by molar-refractivity contribution is 9.10. The second kappa shape index (κ2) is 5.76. The minimum absolute atomic E-state index is 0.682. The maximum absolute atomic E-state index is 6.16. The molecule has 3 nitrogen and oxygen atoms in total. The van der Waals surface area contributed by atoms with Gasteiger partial charge in [0.15, 0.2) is 0 Å². The molecule has 1 heterocycles. The van der Waals surface area contributed by atoms with Gasteiger partial charge in [-0.25, -0.2) is 4.98 Å². The second-order valence-corrected chi connectivity index (χ2v) is 5.47. The fourth-order valence-electron chi connectivity index (χ4n) is 1.77. The average Bonchev–Trinajstić information content (AvgIpc) is 2.65. The Morgan fingerprint density at radius 3 is 2.94 bits per heavy atom. The smallest absolute Gasteiger partial charge is 0.207 e. The molecule has 0 saturated heterocycles. The zero-order valence-corrected chi connectivity index (χ0v) is 12.7. The Balaban J connectivity index is 2.30. The number of nitrogens with zero attached hydrogens (tertiary/aromatic N) is 2. The summed E-state index contributed by atoms with van der Waals surface area (Å²) in [7, 11) is 0. The van der Waals surface area contributed by atoms with Crippen molar-refractivity contribution >= 4 is 39.2 Å². The molecule has 0 amide bonds. The Kier molecular flexibility index (Phi) is 4.30. The molecule has 2 aromatic rings. The molecule has 1 aromatic heterocycles. The van der Waals surface area contributed by atoms with Gasteiger partial charge in [-0.2, -0.15) is 0 Å². The normalized spacial score (nSPS) is 10.7. The number of benzene rings is 1. The van der Waals surface area contributed by atoms with Crippen molar-refractivity contribution in [3.63, 3.8) is 0 Å². The molecule has 18 heavy (non-hydrogen) atoms. The Hall–Kier alpha value is -1.000. The van der Waals surface area contributed by atoms with Gasteiger partial charge in [0, 0.05) is 17.2 Å². The van der Waals surface area contributed by atoms with Crippen LogP contribution in [0.5, 0.6) is 0 Å². The standard InChI is InChI=1S/C13H15BrClN3/c1-3-6-18-8-9(2)16-13(18)17-12-7-10(14)4-5-11(12)15/h4-5,7-8H,3,6H2,1-2H3,(H,16,17). The highest BCUT2D eigenvalue weighted by Crippen LogP contribution is 2.28. The van der Waals surface area contributed by atoms with Crippen LogP contribution in [0.2, 0.25) is 5.02 Å². The van der Waals surface area contributed by atoms with E-state index in [2.05, 4.69) is 37.7 Å². The Bertz CT molecular complexity index is 551. The van der Waals surface area contributed by atoms with Crippen LogP contribution in [0.4, 0.5) is 11.6 Å². The lowest BCUT2D eigenvalue weighted by Crippen LogP contribution is -2.03. The number of nitrogens with one attached hydrogen (secondary N) is 1. The molecule has 0 aliphatic carbocycles. The summed E-state index contributed by atoms with van der Waals surface area (Å²) in [5, 5.41) is 3.96. The van der Waals surface area contributed by atoms with E-state index in [4.69, 9.17) is 11.6 Å². The van der Waals surface area contributed by atoms with E-state index in [0.29, 0.717) is 5.02 Å². The third kappa shape index (κ3) is 3.06. The van der Waals surface area contributed by atoms with Gasteiger partial charge in [-0.3, -0.25) is 0 Å². The summed E-state index contributed by atoms with van der Waals surface area (Å²) < 4.78 is 3.09. The Labute approximate surface area is 120 Å². The summed E-state index contributed by atoms with van der Waals surface area (Å²) in [6, 6.07) is 5.72. The Morgan fingerprint density at radius 1 is 1.44 bits per heavy atom. The topological polar surface area (TPSA) is 29.9 Å². The van der Waals surface area contributed by atoms with Crippen molar-refractivity contribution in [3.05, 3.63) is 39.6 Å². The van der Waals surface area contributed by atoms with E-state index in [9.17, 15) is 0 Å². The first kappa shape index (κ1) is 13.4. The van der Waals surface area contributed by atoms with Crippen LogP contribution in [0.3, 0.4) is 0 Å². The van der Waals surface area contributed by atoms with Gasteiger partial charge in [-0.05, 0) is 31.5 Å². The van der Waals surface area contributed by atoms with E-state index in [-0.39, 0.29) is 0 Å². The van der Waals surface area contributed by atoms with E-state index < -0.39 is 0 Å². The minimum atomic E-state index is 0.682. The van der Waals surface area contributed by atoms with E-state index in [1.807, 2.05) is 31.3 Å². The van der Waals surface area contributed by atoms with E-state index >= 15 is 0 Å². The lowest BCUT2D eigenvalue weighted by molar-refractivity contribution is 0.686. The van der Waals surface area contributed by atoms with Gasteiger partial charge >= 0.3 is 0 Å². The summed E-state index contributed by atoms with van der Waals surface area (Å²) in [5.74, 6) is 0.828. The zero-order valence-electron chi connectivity index (χ0n) is 10.4. The first-order valence-electron chi connectivity index (χ1n) is 5.86. The molecule has 0 spiro atoms. The van der Waals surface area contributed by atoms with Gasteiger partial charge in [0.2, 0.25) is 5.95 Å². The molecule has 1 aromatic carbocycles. The van der Waals surface area contributed by atoms with Crippen molar-refractivity contribution < 1.29 is 0 Å². The number of imidazole rings is 1. The molecule has 0 aliphatic rings. The van der Waals surface area contributed by atoms with Crippen molar-refractivity contribution in [3.8, 4) is 0 Å². The molecular formula is C13H15BrClN3. The molecule has 0 saturated carbocycles. The van der Waals surface area contributed by atoms with Gasteiger partial charge in [0.1, 0.15) is 0 Å². The number of halogens is 2. The molecule has 0 fully saturated rings. The van der Waals surface area contributed by atoms with E-state index in [1.54, 1.807) is 0 Å². The van der Waals surface area contributed by atoms with Crippen LogP contribution in [0.15, 0.2) is 28.9 Å². The molecule has 0 unspecified atom stereocenters. The summed E-state index contributed by atoms with van der Waals surface area (Å²) >= 11 is 9.60. The first-order chi connectivity index (χ1) is 8.60. The summed E-state index contributed by atoms with van der Waals surface area (Å²) in [6.07, 6.45) is 3.11. The maximum atomic E-state index is 6.16. The predicted octanol–water partition coefficient (Wildman–Crippen LogP) is 4.76. The molecule has 96 valence electrons. The number of hydrogen-bond donors (Lipinski definition) is 1. The molecule has 0 radical (unpaired) electrons. The van der Waals surface area contributed by atoms with Gasteiger partial charge in [-0.15, -0.1) is 0 Å². The van der Waals surface area contributed by atoms with Gasteiger partial charge in [0.25, 0.3) is 0 Å². The molecule has 0 aliphatic heterocycles. The fraction of sp³-hybridized carbons (Fsp3) is 0.308. The number of aryl methyl sites for hydroxylation is 2. The lowest BCUT2D eigenvalue weighted by Gasteiger charge is -2.10. The third-order valence-corrected chi connectivity index (χ3v) is 3.36. The number of anilines is 2. The van der Waals surface area contributed by atoms with Gasteiger partial charge in [0.05, 0.1) is 16.4 Å². The quantitative estimate of drug-likeness (QED) is 0.877. The predicted molar refractivity (Wildman–Crippen MR) is 79.7 cm³/mol. The third-order valence-electron chi connectivity index (χ3n) is 2.54. The Morgan fingerprint density at radius 2 is 2.22 bits per heavy atom. The number of hydrogen-bond acceptors (Lipinski definition) is 2. The van der Waals surface area contributed by atoms with E-state index in [1.165, 1.54) is 0 Å². The van der Waals surface area contributed by atoms with Crippen LogP contribution in [0.25, 0.3) is 0 Å². The van der Waals surface area contributed by atoms with Gasteiger partial charge < -0.3 is 9.88 Å². The minimum Gasteiger partial charge on any atom is -0.324 e. The molecule has 0 bridgehead atoms. The monoisotopic (exact) mass is 327 g/mol. The largest absolute Gasteiger partial charge is 0.324 e. The highest BCUT2D eigenvalue weighted by atomic mass is 79.9. The molecule has 1 N–H and O–H groups in total. The summed E-state index contributed by atoms with van der Waals surface area (Å²) in [6.45, 7) is 5.07. The van der Waals surface area contributed by atoms with Crippen molar-refractivity contribution in [2.75, 3.05) is 5.32 Å². The van der Waals surface area contributed by atoms with Crippen molar-refractivity contribution in [2.45, 2.75) is 26.8 Å².